The standard InChI is InChI=1S/C22H35NO4/c1-4-5-8-11-18(2)20(24)15-13-19-14-16-21(25)23(19)17-10-7-6-9-12-22(26)27-3/h13,15,18-20,24H,4,6-7,9-12,14,16-17H2,1-3H3/b15-13+/t18-,19?,20-/m0/s1. The number of methoxy groups -OCH3 is 1. The van der Waals surface area contributed by atoms with Crippen molar-refractivity contribution < 1.29 is 19.4 Å². The summed E-state index contributed by atoms with van der Waals surface area (Å²) in [5, 5.41) is 10.3. The van der Waals surface area contributed by atoms with Gasteiger partial charge in [-0.2, -0.15) is 0 Å². The van der Waals surface area contributed by atoms with Crippen LogP contribution in [0.25, 0.3) is 0 Å². The number of esters is 1. The van der Waals surface area contributed by atoms with E-state index in [1.54, 1.807) is 0 Å². The fraction of sp³-hybridized carbons (Fsp3) is 0.727. The normalized spacial score (nSPS) is 19.0. The second kappa shape index (κ2) is 13.4. The molecule has 0 bridgehead atoms. The van der Waals surface area contributed by atoms with Gasteiger partial charge in [-0.1, -0.05) is 38.8 Å². The Morgan fingerprint density at radius 2 is 2.07 bits per heavy atom. The number of aliphatic hydroxyl groups is 1. The number of carbonyl (C=O) groups is 2. The van der Waals surface area contributed by atoms with Gasteiger partial charge in [0.15, 0.2) is 0 Å². The molecule has 27 heavy (non-hydrogen) atoms. The molecule has 5 nitrogen and oxygen atoms in total. The molecule has 0 spiro atoms. The van der Waals surface area contributed by atoms with Crippen molar-refractivity contribution in [3.05, 3.63) is 12.2 Å². The largest absolute Gasteiger partial charge is 0.469 e. The summed E-state index contributed by atoms with van der Waals surface area (Å²) < 4.78 is 4.63. The predicted octanol–water partition coefficient (Wildman–Crippen LogP) is 3.46. The Kier molecular flexibility index (Phi) is 11.5. The van der Waals surface area contributed by atoms with Crippen molar-refractivity contribution >= 4 is 11.9 Å². The molecule has 1 unspecified atom stereocenters. The number of ether oxygens (including phenoxy) is 1. The van der Waals surface area contributed by atoms with Crippen molar-refractivity contribution in [2.24, 2.45) is 5.92 Å². The van der Waals surface area contributed by atoms with Crippen LogP contribution in [0.1, 0.15) is 71.6 Å². The van der Waals surface area contributed by atoms with Gasteiger partial charge >= 0.3 is 5.97 Å². The van der Waals surface area contributed by atoms with E-state index >= 15 is 0 Å². The molecule has 1 fully saturated rings. The molecule has 0 aromatic heterocycles. The fourth-order valence-electron chi connectivity index (χ4n) is 3.16. The lowest BCUT2D eigenvalue weighted by Crippen LogP contribution is -2.33. The minimum absolute atomic E-state index is 0.0798. The number of carbonyl (C=O) groups excluding carboxylic acids is 2. The van der Waals surface area contributed by atoms with Crippen LogP contribution in [0.4, 0.5) is 0 Å². The van der Waals surface area contributed by atoms with Crippen LogP contribution < -0.4 is 0 Å². The van der Waals surface area contributed by atoms with E-state index < -0.39 is 6.10 Å². The van der Waals surface area contributed by atoms with Crippen molar-refractivity contribution in [2.75, 3.05) is 13.7 Å². The summed E-state index contributed by atoms with van der Waals surface area (Å²) >= 11 is 0. The zero-order chi connectivity index (χ0) is 20.1. The molecule has 1 aliphatic rings. The maximum Gasteiger partial charge on any atom is 0.305 e. The van der Waals surface area contributed by atoms with Crippen molar-refractivity contribution in [2.45, 2.75) is 83.8 Å². The van der Waals surface area contributed by atoms with Gasteiger partial charge in [-0.25, -0.2) is 0 Å². The molecule has 0 aliphatic carbocycles. The molecule has 5 heteroatoms. The molecule has 3 atom stereocenters. The molecule has 152 valence electrons. The van der Waals surface area contributed by atoms with Crippen LogP contribution in [-0.2, 0) is 14.3 Å². The molecule has 1 rings (SSSR count). The highest BCUT2D eigenvalue weighted by Gasteiger charge is 2.28. The molecule has 1 amide bonds. The van der Waals surface area contributed by atoms with E-state index in [-0.39, 0.29) is 23.8 Å². The van der Waals surface area contributed by atoms with E-state index in [2.05, 4.69) is 16.6 Å². The summed E-state index contributed by atoms with van der Waals surface area (Å²) in [6.07, 6.45) is 10.4. The van der Waals surface area contributed by atoms with E-state index in [0.29, 0.717) is 19.3 Å². The summed E-state index contributed by atoms with van der Waals surface area (Å²) in [7, 11) is 1.41. The highest BCUT2D eigenvalue weighted by molar-refractivity contribution is 5.79. The molecule has 0 saturated carbocycles. The van der Waals surface area contributed by atoms with Crippen LogP contribution in [-0.4, -0.2) is 47.7 Å². The minimum Gasteiger partial charge on any atom is -0.469 e. The summed E-state index contributed by atoms with van der Waals surface area (Å²) in [6, 6.07) is 0.0798. The zero-order valence-corrected chi connectivity index (χ0v) is 17.1. The van der Waals surface area contributed by atoms with E-state index in [9.17, 15) is 14.7 Å². The van der Waals surface area contributed by atoms with Gasteiger partial charge in [-0.3, -0.25) is 9.59 Å². The first-order valence-corrected chi connectivity index (χ1v) is 10.2. The average Bonchev–Trinajstić information content (AvgIpc) is 3.02. The molecule has 0 aromatic rings. The summed E-state index contributed by atoms with van der Waals surface area (Å²) in [4.78, 5) is 25.1. The fourth-order valence-corrected chi connectivity index (χ4v) is 3.16. The maximum atomic E-state index is 12.1. The molecular formula is C22H35NO4. The first kappa shape index (κ1) is 23.2. The van der Waals surface area contributed by atoms with Crippen molar-refractivity contribution in [1.82, 2.24) is 4.90 Å². The van der Waals surface area contributed by atoms with Crippen LogP contribution in [0.5, 0.6) is 0 Å². The summed E-state index contributed by atoms with van der Waals surface area (Å²) in [5.74, 6) is 6.22. The van der Waals surface area contributed by atoms with Crippen molar-refractivity contribution in [3.63, 3.8) is 0 Å². The number of hydrogen-bond donors (Lipinski definition) is 1. The van der Waals surface area contributed by atoms with E-state index in [0.717, 1.165) is 45.1 Å². The van der Waals surface area contributed by atoms with E-state index in [1.165, 1.54) is 7.11 Å². The molecule has 1 saturated heterocycles. The van der Waals surface area contributed by atoms with Crippen LogP contribution >= 0.6 is 0 Å². The monoisotopic (exact) mass is 377 g/mol. The van der Waals surface area contributed by atoms with Gasteiger partial charge in [0.2, 0.25) is 5.91 Å². The molecule has 0 radical (unpaired) electrons. The Hall–Kier alpha value is -1.80. The first-order valence-electron chi connectivity index (χ1n) is 10.2. The second-order valence-electron chi connectivity index (χ2n) is 7.20. The van der Waals surface area contributed by atoms with E-state index in [4.69, 9.17) is 0 Å². The number of unbranched alkanes of at least 4 members (excludes halogenated alkanes) is 3. The van der Waals surface area contributed by atoms with Crippen LogP contribution in [0.15, 0.2) is 12.2 Å². The van der Waals surface area contributed by atoms with Crippen molar-refractivity contribution in [3.8, 4) is 11.8 Å². The number of hydrogen-bond acceptors (Lipinski definition) is 4. The molecule has 1 heterocycles. The lowest BCUT2D eigenvalue weighted by atomic mass is 10.00. The topological polar surface area (TPSA) is 66.8 Å². The highest BCUT2D eigenvalue weighted by Crippen LogP contribution is 2.22. The zero-order valence-electron chi connectivity index (χ0n) is 17.1. The second-order valence-corrected chi connectivity index (χ2v) is 7.20. The Balaban J connectivity index is 2.37. The minimum atomic E-state index is -0.535. The Morgan fingerprint density at radius 1 is 1.33 bits per heavy atom. The number of nitrogens with zero attached hydrogens (tertiary/aromatic N) is 1. The lowest BCUT2D eigenvalue weighted by Gasteiger charge is -2.23. The van der Waals surface area contributed by atoms with Crippen LogP contribution in [0.2, 0.25) is 0 Å². The number of rotatable bonds is 11. The van der Waals surface area contributed by atoms with Gasteiger partial charge < -0.3 is 14.7 Å². The van der Waals surface area contributed by atoms with Crippen molar-refractivity contribution in [1.29, 1.82) is 0 Å². The van der Waals surface area contributed by atoms with Crippen LogP contribution in [0.3, 0.4) is 0 Å². The van der Waals surface area contributed by atoms with Crippen LogP contribution in [0, 0.1) is 17.8 Å². The average molecular weight is 378 g/mol. The Labute approximate surface area is 164 Å². The number of amides is 1. The lowest BCUT2D eigenvalue weighted by molar-refractivity contribution is -0.140. The number of likely N-dealkylation sites (tertiary alicyclic amines) is 1. The van der Waals surface area contributed by atoms with Gasteiger partial charge in [-0.15, -0.1) is 11.8 Å². The Bertz CT molecular complexity index is 546. The summed E-state index contributed by atoms with van der Waals surface area (Å²) in [6.45, 7) is 4.74. The third kappa shape index (κ3) is 9.10. The predicted molar refractivity (Wildman–Crippen MR) is 107 cm³/mol. The number of aliphatic hydroxyl groups excluding tert-OH is 1. The molecule has 1 aliphatic heterocycles. The van der Waals surface area contributed by atoms with E-state index in [1.807, 2.05) is 30.9 Å². The van der Waals surface area contributed by atoms with Gasteiger partial charge in [0, 0.05) is 32.2 Å². The highest BCUT2D eigenvalue weighted by atomic mass is 16.5. The van der Waals surface area contributed by atoms with Gasteiger partial charge in [0.25, 0.3) is 0 Å². The maximum absolute atomic E-state index is 12.1. The van der Waals surface area contributed by atoms with Gasteiger partial charge in [0.1, 0.15) is 0 Å². The molecule has 1 N–H and O–H groups in total. The summed E-state index contributed by atoms with van der Waals surface area (Å²) in [5.41, 5.74) is 0. The SMILES string of the molecule is CCC#CC[C@H](C)[C@@H](O)/C=C/C1CCC(=O)N1CCCCCCC(=O)OC. The quantitative estimate of drug-likeness (QED) is 0.259. The third-order valence-electron chi connectivity index (χ3n) is 4.97. The molecule has 0 aromatic carbocycles. The van der Waals surface area contributed by atoms with Gasteiger partial charge in [-0.05, 0) is 25.2 Å². The first-order chi connectivity index (χ1) is 13.0. The van der Waals surface area contributed by atoms with Gasteiger partial charge in [0.05, 0.1) is 19.3 Å². The molecular weight excluding hydrogens is 342 g/mol. The third-order valence-corrected chi connectivity index (χ3v) is 4.97. The Morgan fingerprint density at radius 3 is 2.78 bits per heavy atom. The smallest absolute Gasteiger partial charge is 0.305 e.